The van der Waals surface area contributed by atoms with Gasteiger partial charge in [-0.25, -0.2) is 4.39 Å². The lowest BCUT2D eigenvalue weighted by molar-refractivity contribution is -0.133. The summed E-state index contributed by atoms with van der Waals surface area (Å²) in [6.45, 7) is 4.79. The number of piperidine rings is 1. The number of halogens is 2. The number of likely N-dealkylation sites (tertiary alicyclic amines) is 1. The quantitative estimate of drug-likeness (QED) is 0.860. The Bertz CT molecular complexity index is 496. The minimum Gasteiger partial charge on any atom is -0.342 e. The summed E-state index contributed by atoms with van der Waals surface area (Å²) in [4.78, 5) is 14.5. The van der Waals surface area contributed by atoms with Gasteiger partial charge < -0.3 is 10.2 Å². The van der Waals surface area contributed by atoms with Gasteiger partial charge in [-0.15, -0.1) is 12.4 Å². The molecule has 5 heteroatoms. The van der Waals surface area contributed by atoms with Crippen molar-refractivity contribution in [1.82, 2.24) is 10.2 Å². The van der Waals surface area contributed by atoms with E-state index in [0.717, 1.165) is 38.0 Å². The van der Waals surface area contributed by atoms with Gasteiger partial charge in [0, 0.05) is 19.5 Å². The van der Waals surface area contributed by atoms with Crippen LogP contribution in [-0.2, 0) is 11.2 Å². The van der Waals surface area contributed by atoms with Crippen molar-refractivity contribution >= 4 is 18.3 Å². The molecular formula is C18H28ClFN2O. The van der Waals surface area contributed by atoms with Crippen LogP contribution in [0.2, 0.25) is 0 Å². The molecule has 23 heavy (non-hydrogen) atoms. The molecule has 0 spiro atoms. The number of benzene rings is 1. The van der Waals surface area contributed by atoms with Crippen LogP contribution in [0, 0.1) is 17.7 Å². The van der Waals surface area contributed by atoms with Crippen LogP contribution in [0.4, 0.5) is 4.39 Å². The van der Waals surface area contributed by atoms with Gasteiger partial charge in [-0.2, -0.15) is 0 Å². The highest BCUT2D eigenvalue weighted by Crippen LogP contribution is 2.19. The van der Waals surface area contributed by atoms with Crippen LogP contribution >= 0.6 is 12.4 Å². The summed E-state index contributed by atoms with van der Waals surface area (Å²) in [5, 5.41) is 3.20. The van der Waals surface area contributed by atoms with E-state index in [1.54, 1.807) is 12.1 Å². The maximum absolute atomic E-state index is 13.2. The fourth-order valence-electron chi connectivity index (χ4n) is 3.31. The second kappa shape index (κ2) is 9.89. The maximum atomic E-state index is 13.2. The van der Waals surface area contributed by atoms with Gasteiger partial charge in [0.2, 0.25) is 5.91 Å². The molecule has 0 radical (unpaired) electrons. The lowest BCUT2D eigenvalue weighted by atomic mass is 9.95. The largest absolute Gasteiger partial charge is 0.342 e. The van der Waals surface area contributed by atoms with Gasteiger partial charge in [0.1, 0.15) is 5.82 Å². The molecule has 1 aliphatic rings. The number of rotatable bonds is 6. The zero-order chi connectivity index (χ0) is 15.9. The van der Waals surface area contributed by atoms with Crippen molar-refractivity contribution in [3.8, 4) is 0 Å². The zero-order valence-electron chi connectivity index (χ0n) is 14.1. The fraction of sp³-hybridized carbons (Fsp3) is 0.611. The molecular weight excluding hydrogens is 315 g/mol. The molecule has 2 atom stereocenters. The third kappa shape index (κ3) is 6.48. The van der Waals surface area contributed by atoms with E-state index in [1.165, 1.54) is 12.5 Å². The summed E-state index contributed by atoms with van der Waals surface area (Å²) >= 11 is 0. The van der Waals surface area contributed by atoms with Crippen molar-refractivity contribution < 1.29 is 9.18 Å². The molecule has 0 saturated carbocycles. The van der Waals surface area contributed by atoms with E-state index in [2.05, 4.69) is 12.2 Å². The first kappa shape index (κ1) is 19.9. The van der Waals surface area contributed by atoms with Crippen molar-refractivity contribution in [2.24, 2.45) is 11.8 Å². The summed E-state index contributed by atoms with van der Waals surface area (Å²) in [5.41, 5.74) is 0.965. The molecule has 1 aromatic carbocycles. The Hall–Kier alpha value is -1.13. The van der Waals surface area contributed by atoms with Gasteiger partial charge in [-0.1, -0.05) is 19.1 Å². The average Bonchev–Trinajstić information content (AvgIpc) is 2.47. The number of amides is 1. The summed E-state index contributed by atoms with van der Waals surface area (Å²) in [6, 6.07) is 6.67. The molecule has 1 heterocycles. The van der Waals surface area contributed by atoms with Gasteiger partial charge in [0.15, 0.2) is 0 Å². The minimum absolute atomic E-state index is 0. The van der Waals surface area contributed by atoms with E-state index >= 15 is 0 Å². The zero-order valence-corrected chi connectivity index (χ0v) is 14.9. The molecule has 2 rings (SSSR count). The maximum Gasteiger partial charge on any atom is 0.222 e. The second-order valence-corrected chi connectivity index (χ2v) is 6.55. The summed E-state index contributed by atoms with van der Waals surface area (Å²) in [7, 11) is 1.96. The van der Waals surface area contributed by atoms with Crippen LogP contribution in [-0.4, -0.2) is 37.5 Å². The van der Waals surface area contributed by atoms with Gasteiger partial charge in [0.05, 0.1) is 0 Å². The summed E-state index contributed by atoms with van der Waals surface area (Å²) in [6.07, 6.45) is 3.58. The number of nitrogens with zero attached hydrogens (tertiary/aromatic N) is 1. The first-order valence-corrected chi connectivity index (χ1v) is 8.25. The van der Waals surface area contributed by atoms with Crippen molar-refractivity contribution in [1.29, 1.82) is 0 Å². The Kier molecular flexibility index (Phi) is 8.56. The number of nitrogens with one attached hydrogen (secondary N) is 1. The van der Waals surface area contributed by atoms with Crippen molar-refractivity contribution in [2.45, 2.75) is 32.6 Å². The van der Waals surface area contributed by atoms with Crippen LogP contribution in [0.1, 0.15) is 31.7 Å². The highest BCUT2D eigenvalue weighted by atomic mass is 35.5. The molecule has 0 bridgehead atoms. The van der Waals surface area contributed by atoms with Crippen LogP contribution in [0.5, 0.6) is 0 Å². The monoisotopic (exact) mass is 342 g/mol. The molecule has 0 aliphatic carbocycles. The third-order valence-corrected chi connectivity index (χ3v) is 4.36. The van der Waals surface area contributed by atoms with Crippen LogP contribution in [0.3, 0.4) is 0 Å². The Morgan fingerprint density at radius 2 is 2.26 bits per heavy atom. The number of carbonyl (C=O) groups is 1. The lowest BCUT2D eigenvalue weighted by Crippen LogP contribution is -2.43. The van der Waals surface area contributed by atoms with E-state index in [4.69, 9.17) is 0 Å². The third-order valence-electron chi connectivity index (χ3n) is 4.36. The fourth-order valence-corrected chi connectivity index (χ4v) is 3.31. The minimum atomic E-state index is -0.207. The molecule has 130 valence electrons. The van der Waals surface area contributed by atoms with Gasteiger partial charge in [-0.3, -0.25) is 4.79 Å². The van der Waals surface area contributed by atoms with Crippen LogP contribution in [0.25, 0.3) is 0 Å². The Balaban J connectivity index is 0.00000264. The van der Waals surface area contributed by atoms with Gasteiger partial charge in [0.25, 0.3) is 0 Å². The van der Waals surface area contributed by atoms with E-state index in [0.29, 0.717) is 12.3 Å². The number of hydrogen-bond acceptors (Lipinski definition) is 2. The Morgan fingerprint density at radius 1 is 1.48 bits per heavy atom. The highest BCUT2D eigenvalue weighted by Gasteiger charge is 2.24. The highest BCUT2D eigenvalue weighted by molar-refractivity contribution is 5.85. The topological polar surface area (TPSA) is 32.3 Å². The molecule has 1 N–H and O–H groups in total. The molecule has 2 unspecified atom stereocenters. The summed E-state index contributed by atoms with van der Waals surface area (Å²) < 4.78 is 13.2. The molecule has 1 amide bonds. The van der Waals surface area contributed by atoms with E-state index in [-0.39, 0.29) is 30.0 Å². The molecule has 1 fully saturated rings. The first-order chi connectivity index (χ1) is 10.6. The first-order valence-electron chi connectivity index (χ1n) is 8.25. The standard InChI is InChI=1S/C18H27FN2O.ClH/c1-14(9-15-5-3-7-17(19)11-15)10-18(22)21-8-4-6-16(13-21)12-20-2;/h3,5,7,11,14,16,20H,4,6,8-10,12-13H2,1-2H3;1H. The van der Waals surface area contributed by atoms with E-state index < -0.39 is 0 Å². The van der Waals surface area contributed by atoms with Gasteiger partial charge in [-0.05, 0) is 62.4 Å². The molecule has 1 saturated heterocycles. The predicted molar refractivity (Wildman–Crippen MR) is 94.4 cm³/mol. The summed E-state index contributed by atoms with van der Waals surface area (Å²) in [5.74, 6) is 0.840. The Labute approximate surface area is 145 Å². The predicted octanol–water partition coefficient (Wildman–Crippen LogP) is 3.27. The number of carbonyl (C=O) groups excluding carboxylic acids is 1. The lowest BCUT2D eigenvalue weighted by Gasteiger charge is -2.33. The van der Waals surface area contributed by atoms with Crippen LogP contribution < -0.4 is 5.32 Å². The van der Waals surface area contributed by atoms with Crippen molar-refractivity contribution in [2.75, 3.05) is 26.7 Å². The van der Waals surface area contributed by atoms with Crippen LogP contribution in [0.15, 0.2) is 24.3 Å². The molecule has 1 aromatic rings. The van der Waals surface area contributed by atoms with E-state index in [9.17, 15) is 9.18 Å². The van der Waals surface area contributed by atoms with Gasteiger partial charge >= 0.3 is 0 Å². The smallest absolute Gasteiger partial charge is 0.222 e. The Morgan fingerprint density at radius 3 is 2.96 bits per heavy atom. The molecule has 0 aromatic heterocycles. The SMILES string of the molecule is CNCC1CCCN(C(=O)CC(C)Cc2cccc(F)c2)C1.Cl. The number of hydrogen-bond donors (Lipinski definition) is 1. The van der Waals surface area contributed by atoms with Crippen molar-refractivity contribution in [3.63, 3.8) is 0 Å². The molecule has 3 nitrogen and oxygen atoms in total. The van der Waals surface area contributed by atoms with Crippen molar-refractivity contribution in [3.05, 3.63) is 35.6 Å². The molecule has 1 aliphatic heterocycles. The average molecular weight is 343 g/mol. The second-order valence-electron chi connectivity index (χ2n) is 6.55. The van der Waals surface area contributed by atoms with E-state index in [1.807, 2.05) is 18.0 Å². The normalized spacial score (nSPS) is 19.1.